The molecule has 2 aliphatic rings. The molecule has 1 N–H and O–H groups in total. The van der Waals surface area contributed by atoms with Gasteiger partial charge in [0.15, 0.2) is 0 Å². The molecule has 4 rings (SSSR count). The van der Waals surface area contributed by atoms with Crippen LogP contribution >= 0.6 is 11.8 Å². The largest absolute Gasteiger partial charge is 0.381 e. The summed E-state index contributed by atoms with van der Waals surface area (Å²) in [4.78, 5) is 1.40. The van der Waals surface area contributed by atoms with Crippen LogP contribution in [0.4, 0.5) is 5.69 Å². The van der Waals surface area contributed by atoms with Gasteiger partial charge in [-0.1, -0.05) is 57.2 Å². The van der Waals surface area contributed by atoms with Crippen molar-refractivity contribution in [2.45, 2.75) is 68.1 Å². The van der Waals surface area contributed by atoms with E-state index >= 15 is 0 Å². The zero-order valence-corrected chi connectivity index (χ0v) is 16.6. The van der Waals surface area contributed by atoms with Crippen molar-refractivity contribution < 1.29 is 0 Å². The van der Waals surface area contributed by atoms with Gasteiger partial charge in [-0.3, -0.25) is 0 Å². The number of nitrogens with one attached hydrogen (secondary N) is 1. The van der Waals surface area contributed by atoms with Crippen molar-refractivity contribution in [2.24, 2.45) is 5.92 Å². The molecule has 0 unspecified atom stereocenters. The predicted octanol–water partition coefficient (Wildman–Crippen LogP) is 6.42. The van der Waals surface area contributed by atoms with Gasteiger partial charge in [0, 0.05) is 21.4 Å². The fourth-order valence-electron chi connectivity index (χ4n) is 5.03. The number of para-hydroxylation sites is 1. The van der Waals surface area contributed by atoms with Crippen LogP contribution in [0, 0.1) is 12.8 Å². The number of aryl methyl sites for hydroxylation is 1. The molecule has 25 heavy (non-hydrogen) atoms. The maximum atomic E-state index is 3.95. The number of hydrogen-bond donors (Lipinski definition) is 1. The van der Waals surface area contributed by atoms with E-state index in [2.05, 4.69) is 93.3 Å². The first-order chi connectivity index (χ1) is 11.9. The highest BCUT2D eigenvalue weighted by Gasteiger charge is 2.48. The third-order valence-electron chi connectivity index (χ3n) is 6.45. The average Bonchev–Trinajstić information content (AvgIpc) is 2.56. The van der Waals surface area contributed by atoms with Gasteiger partial charge in [0.2, 0.25) is 0 Å². The van der Waals surface area contributed by atoms with Crippen molar-refractivity contribution in [3.63, 3.8) is 0 Å². The van der Waals surface area contributed by atoms with Crippen LogP contribution < -0.4 is 5.32 Å². The van der Waals surface area contributed by atoms with Crippen LogP contribution in [0.3, 0.4) is 0 Å². The van der Waals surface area contributed by atoms with Crippen molar-refractivity contribution in [3.8, 4) is 0 Å². The van der Waals surface area contributed by atoms with Crippen molar-refractivity contribution in [2.75, 3.05) is 5.32 Å². The minimum Gasteiger partial charge on any atom is -0.381 e. The Morgan fingerprint density at radius 1 is 1.00 bits per heavy atom. The van der Waals surface area contributed by atoms with Crippen LogP contribution in [0.1, 0.15) is 51.2 Å². The second-order valence-corrected chi connectivity index (χ2v) is 10.3. The molecule has 132 valence electrons. The SMILES string of the molecule is Cc1cccc2c1N[C@H]1C[C@@](C)(Sc3ccccc3)CC[C@@H]1C2(C)C. The molecule has 2 aromatic carbocycles. The highest BCUT2D eigenvalue weighted by Crippen LogP contribution is 2.54. The third-order valence-corrected chi connectivity index (χ3v) is 7.82. The van der Waals surface area contributed by atoms with Gasteiger partial charge in [0.1, 0.15) is 0 Å². The van der Waals surface area contributed by atoms with E-state index in [1.807, 2.05) is 0 Å². The molecule has 3 atom stereocenters. The minimum absolute atomic E-state index is 0.246. The summed E-state index contributed by atoms with van der Waals surface area (Å²) in [7, 11) is 0. The second-order valence-electron chi connectivity index (χ2n) is 8.68. The van der Waals surface area contributed by atoms with Crippen molar-refractivity contribution in [3.05, 3.63) is 59.7 Å². The van der Waals surface area contributed by atoms with Gasteiger partial charge in [-0.25, -0.2) is 0 Å². The Morgan fingerprint density at radius 3 is 2.52 bits per heavy atom. The zero-order valence-electron chi connectivity index (χ0n) is 15.8. The summed E-state index contributed by atoms with van der Waals surface area (Å²) >= 11 is 2.07. The molecule has 0 aromatic heterocycles. The maximum Gasteiger partial charge on any atom is 0.0410 e. The molecule has 1 aliphatic carbocycles. The summed E-state index contributed by atoms with van der Waals surface area (Å²) in [6, 6.07) is 18.3. The lowest BCUT2D eigenvalue weighted by Gasteiger charge is -2.53. The predicted molar refractivity (Wildman–Crippen MR) is 110 cm³/mol. The molecule has 1 heterocycles. The van der Waals surface area contributed by atoms with Gasteiger partial charge in [0.05, 0.1) is 0 Å². The highest BCUT2D eigenvalue weighted by molar-refractivity contribution is 8.00. The van der Waals surface area contributed by atoms with Crippen LogP contribution in [0.15, 0.2) is 53.4 Å². The summed E-state index contributed by atoms with van der Waals surface area (Å²) in [6.07, 6.45) is 3.82. The summed E-state index contributed by atoms with van der Waals surface area (Å²) in [6.45, 7) is 9.61. The van der Waals surface area contributed by atoms with E-state index in [0.29, 0.717) is 16.7 Å². The number of anilines is 1. The molecule has 2 heteroatoms. The summed E-state index contributed by atoms with van der Waals surface area (Å²) < 4.78 is 0.311. The number of thioether (sulfide) groups is 1. The van der Waals surface area contributed by atoms with Crippen LogP contribution in [-0.2, 0) is 5.41 Å². The molecule has 1 saturated carbocycles. The summed E-state index contributed by atoms with van der Waals surface area (Å²) in [5.41, 5.74) is 4.53. The molecule has 2 aromatic rings. The number of rotatable bonds is 2. The molecular formula is C23H29NS. The Bertz CT molecular complexity index is 767. The molecule has 0 saturated heterocycles. The zero-order chi connectivity index (χ0) is 17.7. The first kappa shape index (κ1) is 17.0. The Labute approximate surface area is 156 Å². The normalized spacial score (nSPS) is 30.1. The van der Waals surface area contributed by atoms with E-state index in [9.17, 15) is 0 Å². The average molecular weight is 352 g/mol. The Kier molecular flexibility index (Phi) is 4.15. The monoisotopic (exact) mass is 351 g/mol. The third kappa shape index (κ3) is 2.99. The van der Waals surface area contributed by atoms with Crippen molar-refractivity contribution >= 4 is 17.4 Å². The van der Waals surface area contributed by atoms with Gasteiger partial charge in [-0.05, 0) is 60.8 Å². The fourth-order valence-corrected chi connectivity index (χ4v) is 6.38. The van der Waals surface area contributed by atoms with Crippen LogP contribution in [0.2, 0.25) is 0 Å². The Balaban J connectivity index is 1.63. The lowest BCUT2D eigenvalue weighted by atomic mass is 9.61. The van der Waals surface area contributed by atoms with Gasteiger partial charge in [-0.2, -0.15) is 0 Å². The first-order valence-electron chi connectivity index (χ1n) is 9.50. The minimum atomic E-state index is 0.246. The van der Waals surface area contributed by atoms with Crippen LogP contribution in [0.5, 0.6) is 0 Å². The van der Waals surface area contributed by atoms with E-state index in [1.165, 1.54) is 41.0 Å². The molecule has 0 amide bonds. The number of benzene rings is 2. The Morgan fingerprint density at radius 2 is 1.76 bits per heavy atom. The quantitative estimate of drug-likeness (QED) is 0.670. The maximum absolute atomic E-state index is 3.95. The fraction of sp³-hybridized carbons (Fsp3) is 0.478. The van der Waals surface area contributed by atoms with E-state index in [0.717, 1.165) is 0 Å². The lowest BCUT2D eigenvalue weighted by molar-refractivity contribution is 0.186. The van der Waals surface area contributed by atoms with Crippen molar-refractivity contribution in [1.82, 2.24) is 0 Å². The lowest BCUT2D eigenvalue weighted by Crippen LogP contribution is -2.52. The molecule has 1 nitrogen and oxygen atoms in total. The van der Waals surface area contributed by atoms with Gasteiger partial charge < -0.3 is 5.32 Å². The molecule has 1 fully saturated rings. The first-order valence-corrected chi connectivity index (χ1v) is 10.3. The summed E-state index contributed by atoms with van der Waals surface area (Å²) in [5.74, 6) is 0.714. The van der Waals surface area contributed by atoms with E-state index in [4.69, 9.17) is 0 Å². The topological polar surface area (TPSA) is 12.0 Å². The molecule has 0 bridgehead atoms. The van der Waals surface area contributed by atoms with Gasteiger partial charge in [0.25, 0.3) is 0 Å². The van der Waals surface area contributed by atoms with E-state index < -0.39 is 0 Å². The smallest absolute Gasteiger partial charge is 0.0410 e. The van der Waals surface area contributed by atoms with Crippen molar-refractivity contribution in [1.29, 1.82) is 0 Å². The van der Waals surface area contributed by atoms with Crippen LogP contribution in [-0.4, -0.2) is 10.8 Å². The van der Waals surface area contributed by atoms with Crippen LogP contribution in [0.25, 0.3) is 0 Å². The number of fused-ring (bicyclic) bond motifs is 2. The highest BCUT2D eigenvalue weighted by atomic mass is 32.2. The molecule has 1 aliphatic heterocycles. The van der Waals surface area contributed by atoms with Gasteiger partial charge >= 0.3 is 0 Å². The second kappa shape index (κ2) is 6.09. The standard InChI is InChI=1S/C23H29NS/c1-16-9-8-12-19-21(16)24-20-15-23(4,14-13-18(20)22(19,2)3)25-17-10-6-5-7-11-17/h5-12,18,20,24H,13-15H2,1-4H3/t18-,20-,23-/m0/s1. The molecule has 0 spiro atoms. The van der Waals surface area contributed by atoms with E-state index in [-0.39, 0.29) is 5.41 Å². The molecule has 0 radical (unpaired) electrons. The van der Waals surface area contributed by atoms with E-state index in [1.54, 1.807) is 0 Å². The Hall–Kier alpha value is -1.41. The summed E-state index contributed by atoms with van der Waals surface area (Å²) in [5, 5.41) is 3.95. The van der Waals surface area contributed by atoms with Gasteiger partial charge in [-0.15, -0.1) is 11.8 Å². The number of hydrogen-bond acceptors (Lipinski definition) is 2. The molecular weight excluding hydrogens is 322 g/mol.